The van der Waals surface area contributed by atoms with Crippen LogP contribution >= 0.6 is 0 Å². The van der Waals surface area contributed by atoms with Crippen molar-refractivity contribution < 1.29 is 9.18 Å². The summed E-state index contributed by atoms with van der Waals surface area (Å²) in [6, 6.07) is 3.34. The summed E-state index contributed by atoms with van der Waals surface area (Å²) in [5.74, 6) is 0.0119. The van der Waals surface area contributed by atoms with Gasteiger partial charge in [-0.2, -0.15) is 0 Å². The molecule has 1 aliphatic rings. The van der Waals surface area contributed by atoms with Gasteiger partial charge < -0.3 is 4.90 Å². The fourth-order valence-electron chi connectivity index (χ4n) is 1.51. The summed E-state index contributed by atoms with van der Waals surface area (Å²) in [4.78, 5) is 17.1. The number of amides is 1. The lowest BCUT2D eigenvalue weighted by Gasteiger charge is -2.37. The van der Waals surface area contributed by atoms with Crippen molar-refractivity contribution in [2.24, 2.45) is 5.92 Å². The average Bonchev–Trinajstić information content (AvgIpc) is 2.17. The van der Waals surface area contributed by atoms with E-state index in [0.717, 1.165) is 0 Å². The Morgan fingerprint density at radius 1 is 1.50 bits per heavy atom. The monoisotopic (exact) mass is 194 g/mol. The van der Waals surface area contributed by atoms with Crippen molar-refractivity contribution in [1.29, 1.82) is 0 Å². The maximum absolute atomic E-state index is 12.1. The highest BCUT2D eigenvalue weighted by Crippen LogP contribution is 2.18. The van der Waals surface area contributed by atoms with Gasteiger partial charge in [0, 0.05) is 37.0 Å². The van der Waals surface area contributed by atoms with Gasteiger partial charge in [-0.05, 0) is 12.1 Å². The van der Waals surface area contributed by atoms with Crippen LogP contribution in [0.5, 0.6) is 0 Å². The molecule has 3 nitrogen and oxygen atoms in total. The van der Waals surface area contributed by atoms with Crippen LogP contribution in [-0.4, -0.2) is 35.6 Å². The lowest BCUT2D eigenvalue weighted by molar-refractivity contribution is 0.0452. The molecule has 0 N–H and O–H groups in total. The zero-order valence-electron chi connectivity index (χ0n) is 7.69. The smallest absolute Gasteiger partial charge is 0.253 e. The zero-order chi connectivity index (χ0) is 9.97. The molecular formula is C10H11FN2O. The van der Waals surface area contributed by atoms with E-state index in [4.69, 9.17) is 0 Å². The predicted octanol–water partition coefficient (Wildman–Crippen LogP) is 1.12. The second-order valence-corrected chi connectivity index (χ2v) is 3.47. The number of halogens is 1. The molecule has 0 aromatic carbocycles. The molecule has 0 spiro atoms. The van der Waals surface area contributed by atoms with Crippen molar-refractivity contribution in [2.45, 2.75) is 0 Å². The van der Waals surface area contributed by atoms with Gasteiger partial charge in [0.1, 0.15) is 0 Å². The van der Waals surface area contributed by atoms with Gasteiger partial charge in [0.2, 0.25) is 0 Å². The van der Waals surface area contributed by atoms with Gasteiger partial charge in [-0.3, -0.25) is 14.2 Å². The van der Waals surface area contributed by atoms with Crippen LogP contribution in [0.4, 0.5) is 4.39 Å². The van der Waals surface area contributed by atoms with Crippen LogP contribution < -0.4 is 0 Å². The van der Waals surface area contributed by atoms with Crippen molar-refractivity contribution in [2.75, 3.05) is 19.8 Å². The van der Waals surface area contributed by atoms with E-state index in [0.29, 0.717) is 18.7 Å². The van der Waals surface area contributed by atoms with Crippen molar-refractivity contribution >= 4 is 5.91 Å². The van der Waals surface area contributed by atoms with E-state index in [-0.39, 0.29) is 18.5 Å². The van der Waals surface area contributed by atoms with Crippen LogP contribution in [0.15, 0.2) is 24.5 Å². The molecule has 0 radical (unpaired) electrons. The Morgan fingerprint density at radius 3 is 2.71 bits per heavy atom. The highest BCUT2D eigenvalue weighted by molar-refractivity contribution is 5.94. The zero-order valence-corrected chi connectivity index (χ0v) is 7.69. The molecule has 14 heavy (non-hydrogen) atoms. The molecule has 1 fully saturated rings. The van der Waals surface area contributed by atoms with E-state index < -0.39 is 0 Å². The molecule has 1 amide bonds. The third-order valence-corrected chi connectivity index (χ3v) is 2.39. The summed E-state index contributed by atoms with van der Waals surface area (Å²) in [7, 11) is 0. The Balaban J connectivity index is 1.98. The number of likely N-dealkylation sites (tertiary alicyclic amines) is 1. The number of nitrogens with zero attached hydrogens (tertiary/aromatic N) is 2. The van der Waals surface area contributed by atoms with Gasteiger partial charge in [-0.1, -0.05) is 0 Å². The van der Waals surface area contributed by atoms with Crippen LogP contribution in [0, 0.1) is 5.92 Å². The van der Waals surface area contributed by atoms with E-state index in [1.54, 1.807) is 29.4 Å². The van der Waals surface area contributed by atoms with Crippen LogP contribution in [0.1, 0.15) is 10.4 Å². The molecule has 1 aliphatic heterocycles. The first-order chi connectivity index (χ1) is 6.81. The Hall–Kier alpha value is -1.45. The Kier molecular flexibility index (Phi) is 2.43. The highest BCUT2D eigenvalue weighted by atomic mass is 19.1. The summed E-state index contributed by atoms with van der Waals surface area (Å²) in [6.45, 7) is 0.745. The normalized spacial score (nSPS) is 16.5. The molecule has 4 heteroatoms. The number of rotatable bonds is 2. The molecule has 0 atom stereocenters. The molecule has 1 aromatic rings. The topological polar surface area (TPSA) is 33.2 Å². The van der Waals surface area contributed by atoms with Crippen molar-refractivity contribution in [3.05, 3.63) is 30.1 Å². The molecule has 0 aliphatic carbocycles. The fourth-order valence-corrected chi connectivity index (χ4v) is 1.51. The number of pyridine rings is 1. The molecule has 74 valence electrons. The van der Waals surface area contributed by atoms with Gasteiger partial charge in [0.25, 0.3) is 5.91 Å². The van der Waals surface area contributed by atoms with Crippen LogP contribution in [0.3, 0.4) is 0 Å². The first kappa shape index (κ1) is 9.12. The van der Waals surface area contributed by atoms with Gasteiger partial charge >= 0.3 is 0 Å². The van der Waals surface area contributed by atoms with E-state index in [2.05, 4.69) is 4.98 Å². The summed E-state index contributed by atoms with van der Waals surface area (Å²) in [6.07, 6.45) is 3.17. The number of carbonyl (C=O) groups excluding carboxylic acids is 1. The molecule has 2 heterocycles. The Labute approximate surface area is 81.6 Å². The summed E-state index contributed by atoms with van der Waals surface area (Å²) < 4.78 is 12.1. The van der Waals surface area contributed by atoms with Crippen molar-refractivity contribution in [3.8, 4) is 0 Å². The molecular weight excluding hydrogens is 183 g/mol. The number of aromatic nitrogens is 1. The minimum Gasteiger partial charge on any atom is -0.338 e. The minimum absolute atomic E-state index is 0.0305. The lowest BCUT2D eigenvalue weighted by Crippen LogP contribution is -2.50. The van der Waals surface area contributed by atoms with Crippen molar-refractivity contribution in [3.63, 3.8) is 0 Å². The van der Waals surface area contributed by atoms with Gasteiger partial charge in [0.05, 0.1) is 6.67 Å². The van der Waals surface area contributed by atoms with Gasteiger partial charge in [-0.15, -0.1) is 0 Å². The third-order valence-electron chi connectivity index (χ3n) is 2.39. The quantitative estimate of drug-likeness (QED) is 0.707. The fraction of sp³-hybridized carbons (Fsp3) is 0.400. The summed E-state index contributed by atoms with van der Waals surface area (Å²) in [5, 5.41) is 0. The lowest BCUT2D eigenvalue weighted by atomic mass is 10.0. The largest absolute Gasteiger partial charge is 0.338 e. The van der Waals surface area contributed by atoms with E-state index in [1.165, 1.54) is 0 Å². The second kappa shape index (κ2) is 3.74. The number of hydrogen-bond donors (Lipinski definition) is 0. The molecule has 1 saturated heterocycles. The summed E-state index contributed by atoms with van der Waals surface area (Å²) >= 11 is 0. The first-order valence-electron chi connectivity index (χ1n) is 4.56. The second-order valence-electron chi connectivity index (χ2n) is 3.47. The van der Waals surface area contributed by atoms with E-state index in [9.17, 15) is 9.18 Å². The Morgan fingerprint density at radius 2 is 2.14 bits per heavy atom. The van der Waals surface area contributed by atoms with Crippen LogP contribution in [0.25, 0.3) is 0 Å². The van der Waals surface area contributed by atoms with E-state index >= 15 is 0 Å². The molecule has 0 saturated carbocycles. The number of hydrogen-bond acceptors (Lipinski definition) is 2. The van der Waals surface area contributed by atoms with Crippen molar-refractivity contribution in [1.82, 2.24) is 9.88 Å². The molecule has 0 unspecified atom stereocenters. The Bertz CT molecular complexity index is 322. The first-order valence-corrected chi connectivity index (χ1v) is 4.56. The average molecular weight is 194 g/mol. The highest BCUT2D eigenvalue weighted by Gasteiger charge is 2.30. The van der Waals surface area contributed by atoms with Gasteiger partial charge in [0.15, 0.2) is 0 Å². The van der Waals surface area contributed by atoms with E-state index in [1.807, 2.05) is 0 Å². The molecule has 2 rings (SSSR count). The number of carbonyl (C=O) groups is 1. The summed E-state index contributed by atoms with van der Waals surface area (Å²) in [5.41, 5.74) is 0.623. The number of alkyl halides is 1. The molecule has 0 bridgehead atoms. The minimum atomic E-state index is -0.333. The third kappa shape index (κ3) is 1.60. The standard InChI is InChI=1S/C10H11FN2O/c11-5-8-6-13(7-8)10(14)9-1-3-12-4-2-9/h1-4,8H,5-7H2. The SMILES string of the molecule is O=C(c1ccncc1)N1CC(CF)C1. The molecule has 1 aromatic heterocycles. The van der Waals surface area contributed by atoms with Crippen LogP contribution in [-0.2, 0) is 0 Å². The predicted molar refractivity (Wildman–Crippen MR) is 49.6 cm³/mol. The van der Waals surface area contributed by atoms with Gasteiger partial charge in [-0.25, -0.2) is 0 Å². The maximum atomic E-state index is 12.1. The maximum Gasteiger partial charge on any atom is 0.253 e. The van der Waals surface area contributed by atoms with Crippen LogP contribution in [0.2, 0.25) is 0 Å².